The van der Waals surface area contributed by atoms with Gasteiger partial charge in [-0.3, -0.25) is 4.79 Å². The molecule has 0 heterocycles. The lowest BCUT2D eigenvalue weighted by molar-refractivity contribution is -0.139. The number of hydrogen-bond acceptors (Lipinski definition) is 4. The molecular weight excluding hydrogens is 496 g/mol. The van der Waals surface area contributed by atoms with Crippen molar-refractivity contribution in [2.45, 2.75) is 174 Å². The predicted molar refractivity (Wildman–Crippen MR) is 169 cm³/mol. The molecule has 1 aliphatic carbocycles. The molecule has 0 saturated heterocycles. The molecule has 0 unspecified atom stereocenters. The van der Waals surface area contributed by atoms with Gasteiger partial charge in [-0.25, -0.2) is 4.79 Å². The lowest BCUT2D eigenvalue weighted by Crippen LogP contribution is -2.12. The van der Waals surface area contributed by atoms with Crippen LogP contribution in [0.1, 0.15) is 174 Å². The van der Waals surface area contributed by atoms with E-state index in [1.807, 2.05) is 6.08 Å². The highest BCUT2D eigenvalue weighted by Crippen LogP contribution is 2.30. The maximum atomic E-state index is 12.0. The third-order valence-electron chi connectivity index (χ3n) is 8.35. The maximum absolute atomic E-state index is 12.0. The van der Waals surface area contributed by atoms with Crippen molar-refractivity contribution in [1.82, 2.24) is 0 Å². The maximum Gasteiger partial charge on any atom is 0.330 e. The minimum atomic E-state index is -0.202. The number of carbonyl (C=O) groups excluding carboxylic acids is 2. The summed E-state index contributed by atoms with van der Waals surface area (Å²) >= 11 is 0. The van der Waals surface area contributed by atoms with Crippen LogP contribution in [0.3, 0.4) is 0 Å². The molecule has 0 bridgehead atoms. The van der Waals surface area contributed by atoms with E-state index in [0.717, 1.165) is 51.4 Å². The van der Waals surface area contributed by atoms with Crippen LogP contribution in [-0.2, 0) is 19.1 Å². The molecule has 0 aromatic heterocycles. The van der Waals surface area contributed by atoms with Crippen LogP contribution in [0.15, 0.2) is 24.5 Å². The summed E-state index contributed by atoms with van der Waals surface area (Å²) in [5.41, 5.74) is 0. The average molecular weight is 561 g/mol. The minimum absolute atomic E-state index is 0.108. The molecule has 232 valence electrons. The van der Waals surface area contributed by atoms with Gasteiger partial charge in [-0.1, -0.05) is 135 Å². The molecule has 0 atom stereocenters. The quantitative estimate of drug-likeness (QED) is 0.0457. The number of esters is 2. The molecule has 1 aliphatic rings. The summed E-state index contributed by atoms with van der Waals surface area (Å²) in [4.78, 5) is 24.0. The second-order valence-corrected chi connectivity index (χ2v) is 12.1. The van der Waals surface area contributed by atoms with E-state index in [9.17, 15) is 9.59 Å². The van der Waals surface area contributed by atoms with Crippen LogP contribution in [0.25, 0.3) is 0 Å². The third-order valence-corrected chi connectivity index (χ3v) is 8.35. The van der Waals surface area contributed by atoms with Gasteiger partial charge in [-0.2, -0.15) is 0 Å². The topological polar surface area (TPSA) is 52.6 Å². The molecule has 0 radical (unpaired) electrons. The number of ether oxygens (including phenoxy) is 2. The summed E-state index contributed by atoms with van der Waals surface area (Å²) in [5.74, 6) is 0.586. The van der Waals surface area contributed by atoms with E-state index in [1.54, 1.807) is 12.3 Å². The second kappa shape index (κ2) is 27.6. The fraction of sp³-hybridized carbons (Fsp3) is 0.833. The molecular formula is C36H64O4. The molecule has 4 nitrogen and oxygen atoms in total. The number of allylic oxidation sites excluding steroid dienone is 2. The lowest BCUT2D eigenvalue weighted by Gasteiger charge is -2.24. The highest BCUT2D eigenvalue weighted by atomic mass is 16.5. The Morgan fingerprint density at radius 3 is 1.50 bits per heavy atom. The van der Waals surface area contributed by atoms with Crippen molar-refractivity contribution in [3.8, 4) is 0 Å². The van der Waals surface area contributed by atoms with Gasteiger partial charge in [0.05, 0.1) is 12.9 Å². The molecule has 1 rings (SSSR count). The Morgan fingerprint density at radius 1 is 0.575 bits per heavy atom. The van der Waals surface area contributed by atoms with Crippen LogP contribution < -0.4 is 0 Å². The highest BCUT2D eigenvalue weighted by Gasteiger charge is 2.18. The van der Waals surface area contributed by atoms with E-state index in [0.29, 0.717) is 24.9 Å². The van der Waals surface area contributed by atoms with Crippen molar-refractivity contribution >= 4 is 11.9 Å². The molecule has 40 heavy (non-hydrogen) atoms. The van der Waals surface area contributed by atoms with Gasteiger partial charge >= 0.3 is 11.9 Å². The van der Waals surface area contributed by atoms with Crippen molar-refractivity contribution < 1.29 is 19.1 Å². The summed E-state index contributed by atoms with van der Waals surface area (Å²) in [6.45, 7) is 5.05. The first-order valence-corrected chi connectivity index (χ1v) is 17.4. The van der Waals surface area contributed by atoms with Gasteiger partial charge in [0.15, 0.2) is 0 Å². The monoisotopic (exact) mass is 560 g/mol. The van der Waals surface area contributed by atoms with E-state index >= 15 is 0 Å². The van der Waals surface area contributed by atoms with Crippen molar-refractivity contribution in [3.63, 3.8) is 0 Å². The van der Waals surface area contributed by atoms with Gasteiger partial charge in [-0.05, 0) is 56.4 Å². The fourth-order valence-electron chi connectivity index (χ4n) is 5.60. The molecule has 0 amide bonds. The zero-order chi connectivity index (χ0) is 28.9. The van der Waals surface area contributed by atoms with Crippen LogP contribution in [0.4, 0.5) is 0 Å². The SMILES string of the molecule is CCCCCCCCCCCCOC(=O)C=CC1CCC(C=COC(=O)CCCCCCCCCCCC)CC1. The molecule has 0 spiro atoms. The van der Waals surface area contributed by atoms with E-state index in [2.05, 4.69) is 19.9 Å². The summed E-state index contributed by atoms with van der Waals surface area (Å²) in [7, 11) is 0. The summed E-state index contributed by atoms with van der Waals surface area (Å²) in [6, 6.07) is 0. The van der Waals surface area contributed by atoms with Crippen LogP contribution >= 0.6 is 0 Å². The molecule has 0 aromatic rings. The molecule has 1 saturated carbocycles. The van der Waals surface area contributed by atoms with Gasteiger partial charge < -0.3 is 9.47 Å². The number of unbranched alkanes of at least 4 members (excludes halogenated alkanes) is 18. The Kier molecular flexibility index (Phi) is 25.1. The van der Waals surface area contributed by atoms with Crippen LogP contribution in [0.2, 0.25) is 0 Å². The van der Waals surface area contributed by atoms with Gasteiger partial charge in [0.2, 0.25) is 0 Å². The first-order valence-electron chi connectivity index (χ1n) is 17.4. The number of hydrogen-bond donors (Lipinski definition) is 0. The Balaban J connectivity index is 1.96. The smallest absolute Gasteiger partial charge is 0.330 e. The van der Waals surface area contributed by atoms with E-state index < -0.39 is 0 Å². The summed E-state index contributed by atoms with van der Waals surface area (Å²) in [6.07, 6.45) is 37.6. The predicted octanol–water partition coefficient (Wildman–Crippen LogP) is 11.2. The van der Waals surface area contributed by atoms with Gasteiger partial charge in [0.25, 0.3) is 0 Å². The van der Waals surface area contributed by atoms with E-state index in [1.165, 1.54) is 103 Å². The molecule has 1 fully saturated rings. The standard InChI is InChI=1S/C36H64O4/c1-3-5-7-9-11-13-15-17-19-21-23-35(37)40-32-30-34-26-24-33(25-27-34)28-29-36(38)39-31-22-20-18-16-14-12-10-8-6-4-2/h28-30,32-34H,3-27,31H2,1-2H3. The number of rotatable bonds is 26. The van der Waals surface area contributed by atoms with Gasteiger partial charge in [-0.15, -0.1) is 0 Å². The minimum Gasteiger partial charge on any atom is -0.463 e. The highest BCUT2D eigenvalue weighted by molar-refractivity contribution is 5.81. The molecule has 0 N–H and O–H groups in total. The van der Waals surface area contributed by atoms with Crippen molar-refractivity contribution in [1.29, 1.82) is 0 Å². The van der Waals surface area contributed by atoms with Gasteiger partial charge in [0, 0.05) is 12.5 Å². The number of carbonyl (C=O) groups is 2. The first-order chi connectivity index (χ1) is 19.7. The Bertz CT molecular complexity index is 645. The summed E-state index contributed by atoms with van der Waals surface area (Å²) in [5, 5.41) is 0. The molecule has 0 aliphatic heterocycles. The van der Waals surface area contributed by atoms with Gasteiger partial charge in [0.1, 0.15) is 0 Å². The zero-order valence-corrected chi connectivity index (χ0v) is 26.5. The molecule has 0 aromatic carbocycles. The van der Waals surface area contributed by atoms with Crippen LogP contribution in [0.5, 0.6) is 0 Å². The zero-order valence-electron chi connectivity index (χ0n) is 26.5. The third kappa shape index (κ3) is 23.2. The fourth-order valence-corrected chi connectivity index (χ4v) is 5.60. The Labute approximate surface area is 248 Å². The van der Waals surface area contributed by atoms with E-state index in [4.69, 9.17) is 9.47 Å². The van der Waals surface area contributed by atoms with E-state index in [-0.39, 0.29) is 11.9 Å². The van der Waals surface area contributed by atoms with Crippen molar-refractivity contribution in [2.24, 2.45) is 11.8 Å². The average Bonchev–Trinajstić information content (AvgIpc) is 2.96. The lowest BCUT2D eigenvalue weighted by atomic mass is 9.82. The van der Waals surface area contributed by atoms with Crippen molar-refractivity contribution in [3.05, 3.63) is 24.5 Å². The Morgan fingerprint density at radius 2 is 1.00 bits per heavy atom. The van der Waals surface area contributed by atoms with Crippen LogP contribution in [-0.4, -0.2) is 18.5 Å². The Hall–Kier alpha value is -1.58. The van der Waals surface area contributed by atoms with Crippen molar-refractivity contribution in [2.75, 3.05) is 6.61 Å². The largest absolute Gasteiger partial charge is 0.463 e. The normalized spacial score (nSPS) is 17.6. The molecule has 4 heteroatoms. The van der Waals surface area contributed by atoms with Crippen LogP contribution in [0, 0.1) is 11.8 Å². The second-order valence-electron chi connectivity index (χ2n) is 12.1. The first kappa shape index (κ1) is 36.4. The summed E-state index contributed by atoms with van der Waals surface area (Å²) < 4.78 is 10.7.